The van der Waals surface area contributed by atoms with Gasteiger partial charge in [-0.05, 0) is 5.56 Å². The second kappa shape index (κ2) is 6.51. The van der Waals surface area contributed by atoms with Gasteiger partial charge in [-0.15, -0.1) is 0 Å². The third kappa shape index (κ3) is 3.44. The van der Waals surface area contributed by atoms with Gasteiger partial charge in [0.05, 0.1) is 13.0 Å². The number of carboxylic acid groups (broad SMARTS) is 1. The Balaban J connectivity index is 2.08. The molecule has 0 bridgehead atoms. The van der Waals surface area contributed by atoms with Crippen molar-refractivity contribution in [3.63, 3.8) is 0 Å². The van der Waals surface area contributed by atoms with Gasteiger partial charge >= 0.3 is 5.97 Å². The van der Waals surface area contributed by atoms with Crippen LogP contribution in [-0.4, -0.2) is 34.7 Å². The maximum atomic E-state index is 11.3. The normalized spacial score (nSPS) is 11.7. The maximum Gasteiger partial charge on any atom is 0.312 e. The van der Waals surface area contributed by atoms with Gasteiger partial charge in [0.1, 0.15) is 0 Å². The van der Waals surface area contributed by atoms with Crippen molar-refractivity contribution < 1.29 is 14.6 Å². The zero-order valence-electron chi connectivity index (χ0n) is 11.0. The highest BCUT2D eigenvalue weighted by Gasteiger charge is 2.19. The summed E-state index contributed by atoms with van der Waals surface area (Å²) in [4.78, 5) is 19.4. The molecule has 6 nitrogen and oxygen atoms in total. The van der Waals surface area contributed by atoms with E-state index in [0.29, 0.717) is 11.8 Å². The second-order valence-corrected chi connectivity index (χ2v) is 4.11. The van der Waals surface area contributed by atoms with Crippen molar-refractivity contribution in [3.05, 3.63) is 48.2 Å². The van der Waals surface area contributed by atoms with Gasteiger partial charge in [-0.3, -0.25) is 4.79 Å². The Kier molecular flexibility index (Phi) is 4.49. The number of rotatable bonds is 6. The summed E-state index contributed by atoms with van der Waals surface area (Å²) in [5.74, 6) is -0.793. The number of nitrogens with zero attached hydrogens (tertiary/aromatic N) is 2. The minimum Gasteiger partial charge on any atom is -0.481 e. The fraction of sp³-hybridized carbons (Fsp3) is 0.214. The third-order valence-corrected chi connectivity index (χ3v) is 2.80. The van der Waals surface area contributed by atoms with Crippen LogP contribution in [0.2, 0.25) is 0 Å². The van der Waals surface area contributed by atoms with Crippen LogP contribution in [0.1, 0.15) is 11.5 Å². The molecule has 0 spiro atoms. The highest BCUT2D eigenvalue weighted by molar-refractivity contribution is 5.76. The minimum absolute atomic E-state index is 0.201. The Morgan fingerprint density at radius 3 is 2.75 bits per heavy atom. The number of methoxy groups -OCH3 is 1. The third-order valence-electron chi connectivity index (χ3n) is 2.80. The molecule has 6 heteroatoms. The van der Waals surface area contributed by atoms with Gasteiger partial charge in [0.25, 0.3) is 0 Å². The van der Waals surface area contributed by atoms with E-state index in [1.54, 1.807) is 24.4 Å². The fourth-order valence-electron chi connectivity index (χ4n) is 1.77. The van der Waals surface area contributed by atoms with Gasteiger partial charge in [0, 0.05) is 18.8 Å². The molecule has 1 unspecified atom stereocenters. The first-order valence-corrected chi connectivity index (χ1v) is 6.09. The molecule has 1 atom stereocenters. The van der Waals surface area contributed by atoms with Crippen molar-refractivity contribution in [2.24, 2.45) is 0 Å². The van der Waals surface area contributed by atoms with Gasteiger partial charge < -0.3 is 15.2 Å². The average Bonchev–Trinajstić information content (AvgIpc) is 2.48. The molecule has 0 aliphatic rings. The Labute approximate surface area is 116 Å². The zero-order chi connectivity index (χ0) is 14.4. The molecule has 2 N–H and O–H groups in total. The van der Waals surface area contributed by atoms with Crippen molar-refractivity contribution in [2.45, 2.75) is 5.92 Å². The number of nitrogens with one attached hydrogen (secondary N) is 1. The first-order chi connectivity index (χ1) is 9.70. The highest BCUT2D eigenvalue weighted by Crippen LogP contribution is 2.16. The van der Waals surface area contributed by atoms with Crippen molar-refractivity contribution in [1.82, 2.24) is 9.97 Å². The smallest absolute Gasteiger partial charge is 0.312 e. The lowest BCUT2D eigenvalue weighted by atomic mass is 9.99. The van der Waals surface area contributed by atoms with Crippen LogP contribution in [0, 0.1) is 0 Å². The molecule has 0 aliphatic heterocycles. The molecular formula is C14H15N3O3. The van der Waals surface area contributed by atoms with Crippen LogP contribution in [0.15, 0.2) is 42.6 Å². The number of carbonyl (C=O) groups is 1. The predicted molar refractivity (Wildman–Crippen MR) is 73.9 cm³/mol. The first kappa shape index (κ1) is 13.8. The SMILES string of the molecule is COc1ccnc(NCC(C(=O)O)c2ccccc2)n1. The Bertz CT molecular complexity index is 575. The predicted octanol–water partition coefficient (Wildman–Crippen LogP) is 1.77. The summed E-state index contributed by atoms with van der Waals surface area (Å²) in [7, 11) is 1.51. The Morgan fingerprint density at radius 1 is 1.35 bits per heavy atom. The van der Waals surface area contributed by atoms with Crippen LogP contribution in [0.3, 0.4) is 0 Å². The van der Waals surface area contributed by atoms with Crippen LogP contribution in [0.4, 0.5) is 5.95 Å². The molecular weight excluding hydrogens is 258 g/mol. The summed E-state index contributed by atoms with van der Waals surface area (Å²) in [6.45, 7) is 0.201. The molecule has 2 rings (SSSR count). The summed E-state index contributed by atoms with van der Waals surface area (Å²) in [5, 5.41) is 12.2. The summed E-state index contributed by atoms with van der Waals surface area (Å²) in [6, 6.07) is 10.7. The van der Waals surface area contributed by atoms with E-state index in [-0.39, 0.29) is 6.54 Å². The molecule has 2 aromatic rings. The molecule has 0 saturated heterocycles. The van der Waals surface area contributed by atoms with Crippen molar-refractivity contribution in [2.75, 3.05) is 19.0 Å². The Morgan fingerprint density at radius 2 is 2.10 bits per heavy atom. The lowest BCUT2D eigenvalue weighted by molar-refractivity contribution is -0.138. The Hall–Kier alpha value is -2.63. The number of hydrogen-bond donors (Lipinski definition) is 2. The molecule has 20 heavy (non-hydrogen) atoms. The van der Waals surface area contributed by atoms with Crippen molar-refractivity contribution in [1.29, 1.82) is 0 Å². The molecule has 1 aromatic carbocycles. The van der Waals surface area contributed by atoms with Crippen LogP contribution in [-0.2, 0) is 4.79 Å². The molecule has 0 saturated carbocycles. The molecule has 0 amide bonds. The van der Waals surface area contributed by atoms with Crippen molar-refractivity contribution in [3.8, 4) is 5.88 Å². The largest absolute Gasteiger partial charge is 0.481 e. The van der Waals surface area contributed by atoms with Crippen molar-refractivity contribution >= 4 is 11.9 Å². The fourth-order valence-corrected chi connectivity index (χ4v) is 1.77. The van der Waals surface area contributed by atoms with Crippen LogP contribution < -0.4 is 10.1 Å². The van der Waals surface area contributed by atoms with E-state index >= 15 is 0 Å². The second-order valence-electron chi connectivity index (χ2n) is 4.11. The van der Waals surface area contributed by atoms with Gasteiger partial charge in [0.15, 0.2) is 0 Å². The van der Waals surface area contributed by atoms with E-state index in [4.69, 9.17) is 4.74 Å². The van der Waals surface area contributed by atoms with Crippen LogP contribution in [0.5, 0.6) is 5.88 Å². The molecule has 0 aliphatic carbocycles. The maximum absolute atomic E-state index is 11.3. The van der Waals surface area contributed by atoms with Gasteiger partial charge in [0.2, 0.25) is 11.8 Å². The van der Waals surface area contributed by atoms with Gasteiger partial charge in [-0.1, -0.05) is 30.3 Å². The summed E-state index contributed by atoms with van der Waals surface area (Å²) >= 11 is 0. The molecule has 0 fully saturated rings. The molecule has 104 valence electrons. The first-order valence-electron chi connectivity index (χ1n) is 6.09. The zero-order valence-corrected chi connectivity index (χ0v) is 11.0. The van der Waals surface area contributed by atoms with E-state index < -0.39 is 11.9 Å². The average molecular weight is 273 g/mol. The number of aromatic nitrogens is 2. The minimum atomic E-state index is -0.897. The number of hydrogen-bond acceptors (Lipinski definition) is 5. The lowest BCUT2D eigenvalue weighted by Crippen LogP contribution is -2.21. The summed E-state index contributed by atoms with van der Waals surface area (Å²) < 4.78 is 4.99. The van der Waals surface area contributed by atoms with Gasteiger partial charge in [-0.25, -0.2) is 4.98 Å². The van der Waals surface area contributed by atoms with E-state index in [9.17, 15) is 9.90 Å². The molecule has 1 aromatic heterocycles. The van der Waals surface area contributed by atoms with Crippen LogP contribution >= 0.6 is 0 Å². The molecule has 1 heterocycles. The number of benzene rings is 1. The summed E-state index contributed by atoms with van der Waals surface area (Å²) in [6.07, 6.45) is 1.55. The number of ether oxygens (including phenoxy) is 1. The number of aliphatic carboxylic acids is 1. The van der Waals surface area contributed by atoms with E-state index in [1.807, 2.05) is 18.2 Å². The van der Waals surface area contributed by atoms with Gasteiger partial charge in [-0.2, -0.15) is 4.98 Å². The number of anilines is 1. The summed E-state index contributed by atoms with van der Waals surface area (Å²) in [5.41, 5.74) is 0.732. The van der Waals surface area contributed by atoms with Crippen LogP contribution in [0.25, 0.3) is 0 Å². The standard InChI is InChI=1S/C14H15N3O3/c1-20-12-7-8-15-14(17-12)16-9-11(13(18)19)10-5-3-2-4-6-10/h2-8,11H,9H2,1H3,(H,18,19)(H,15,16,17). The highest BCUT2D eigenvalue weighted by atomic mass is 16.5. The number of carboxylic acids is 1. The topological polar surface area (TPSA) is 84.3 Å². The van der Waals surface area contributed by atoms with E-state index in [1.165, 1.54) is 7.11 Å². The monoisotopic (exact) mass is 273 g/mol. The molecule has 0 radical (unpaired) electrons. The van der Waals surface area contributed by atoms with E-state index in [2.05, 4.69) is 15.3 Å². The quantitative estimate of drug-likeness (QED) is 0.834. The lowest BCUT2D eigenvalue weighted by Gasteiger charge is -2.13. The van der Waals surface area contributed by atoms with E-state index in [0.717, 1.165) is 5.56 Å².